The Morgan fingerprint density at radius 2 is 1.52 bits per heavy atom. The lowest BCUT2D eigenvalue weighted by molar-refractivity contribution is 0.0846. The van der Waals surface area contributed by atoms with Gasteiger partial charge >= 0.3 is 0 Å². The van der Waals surface area contributed by atoms with E-state index < -0.39 is 5.91 Å². The summed E-state index contributed by atoms with van der Waals surface area (Å²) in [4.78, 5) is 24.6. The zero-order valence-electron chi connectivity index (χ0n) is 16.3. The summed E-state index contributed by atoms with van der Waals surface area (Å²) in [6.45, 7) is 2.21. The van der Waals surface area contributed by atoms with E-state index in [4.69, 9.17) is 9.47 Å². The lowest BCUT2D eigenvalue weighted by Crippen LogP contribution is -2.41. The van der Waals surface area contributed by atoms with Crippen molar-refractivity contribution in [3.63, 3.8) is 0 Å². The third-order valence-corrected chi connectivity index (χ3v) is 4.34. The van der Waals surface area contributed by atoms with E-state index in [2.05, 4.69) is 10.9 Å². The molecule has 29 heavy (non-hydrogen) atoms. The summed E-state index contributed by atoms with van der Waals surface area (Å²) in [5, 5.41) is 0. The van der Waals surface area contributed by atoms with Crippen LogP contribution in [0, 0.1) is 6.92 Å². The first-order chi connectivity index (χ1) is 14.1. The van der Waals surface area contributed by atoms with Crippen molar-refractivity contribution in [1.82, 2.24) is 10.9 Å². The molecule has 0 aliphatic heterocycles. The van der Waals surface area contributed by atoms with E-state index in [-0.39, 0.29) is 5.91 Å². The fourth-order valence-corrected chi connectivity index (χ4v) is 2.74. The number of hydrogen-bond acceptors (Lipinski definition) is 4. The predicted octanol–water partition coefficient (Wildman–Crippen LogP) is 3.66. The van der Waals surface area contributed by atoms with E-state index in [0.717, 1.165) is 11.1 Å². The van der Waals surface area contributed by atoms with Crippen LogP contribution >= 0.6 is 0 Å². The summed E-state index contributed by atoms with van der Waals surface area (Å²) in [7, 11) is 1.51. The molecule has 0 atom stereocenters. The van der Waals surface area contributed by atoms with Gasteiger partial charge in [0.2, 0.25) is 0 Å². The average Bonchev–Trinajstić information content (AvgIpc) is 2.76. The molecule has 3 aromatic carbocycles. The molecular weight excluding hydrogens is 368 g/mol. The van der Waals surface area contributed by atoms with Gasteiger partial charge in [-0.05, 0) is 42.3 Å². The second kappa shape index (κ2) is 9.41. The topological polar surface area (TPSA) is 76.7 Å². The second-order valence-corrected chi connectivity index (χ2v) is 6.36. The highest BCUT2D eigenvalue weighted by Gasteiger charge is 2.13. The molecule has 2 N–H and O–H groups in total. The minimum atomic E-state index is -0.458. The highest BCUT2D eigenvalue weighted by atomic mass is 16.5. The Bertz CT molecular complexity index is 1000. The Kier molecular flexibility index (Phi) is 6.47. The lowest BCUT2D eigenvalue weighted by atomic mass is 10.1. The number of nitrogens with one attached hydrogen (secondary N) is 2. The minimum absolute atomic E-state index is 0.332. The Balaban J connectivity index is 1.63. The molecule has 0 fully saturated rings. The van der Waals surface area contributed by atoms with Gasteiger partial charge in [-0.3, -0.25) is 20.4 Å². The van der Waals surface area contributed by atoms with Crippen molar-refractivity contribution < 1.29 is 19.1 Å². The molecule has 0 saturated heterocycles. The lowest BCUT2D eigenvalue weighted by Gasteiger charge is -2.13. The first-order valence-electron chi connectivity index (χ1n) is 9.09. The molecule has 2 amide bonds. The van der Waals surface area contributed by atoms with Gasteiger partial charge in [-0.2, -0.15) is 0 Å². The van der Waals surface area contributed by atoms with Gasteiger partial charge in [0.05, 0.1) is 7.11 Å². The fourth-order valence-electron chi connectivity index (χ4n) is 2.74. The Morgan fingerprint density at radius 3 is 2.24 bits per heavy atom. The zero-order chi connectivity index (χ0) is 20.6. The highest BCUT2D eigenvalue weighted by Crippen LogP contribution is 2.28. The van der Waals surface area contributed by atoms with E-state index in [0.29, 0.717) is 29.2 Å². The summed E-state index contributed by atoms with van der Waals surface area (Å²) in [5.41, 5.74) is 7.52. The molecule has 6 heteroatoms. The van der Waals surface area contributed by atoms with Crippen LogP contribution in [-0.4, -0.2) is 18.9 Å². The van der Waals surface area contributed by atoms with Crippen LogP contribution in [0.25, 0.3) is 0 Å². The summed E-state index contributed by atoms with van der Waals surface area (Å²) >= 11 is 0. The van der Waals surface area contributed by atoms with Gasteiger partial charge < -0.3 is 9.47 Å². The molecule has 148 valence electrons. The van der Waals surface area contributed by atoms with Crippen molar-refractivity contribution in [2.75, 3.05) is 7.11 Å². The van der Waals surface area contributed by atoms with Crippen molar-refractivity contribution in [2.24, 2.45) is 0 Å². The standard InChI is InChI=1S/C23H22N2O4/c1-16-8-6-7-11-19(16)23(27)25-24-22(26)18-12-13-20(21(14-18)28-2)29-15-17-9-4-3-5-10-17/h3-14H,15H2,1-2H3,(H,24,26)(H,25,27). The van der Waals surface area contributed by atoms with Crippen LogP contribution in [-0.2, 0) is 6.61 Å². The Hall–Kier alpha value is -3.80. The third kappa shape index (κ3) is 5.13. The van der Waals surface area contributed by atoms with Gasteiger partial charge in [0.1, 0.15) is 6.61 Å². The maximum Gasteiger partial charge on any atom is 0.269 e. The number of carbonyl (C=O) groups excluding carboxylic acids is 2. The third-order valence-electron chi connectivity index (χ3n) is 4.34. The summed E-state index contributed by atoms with van der Waals surface area (Å²) < 4.78 is 11.1. The number of benzene rings is 3. The summed E-state index contributed by atoms with van der Waals surface area (Å²) in [5.74, 6) is 0.113. The molecule has 0 radical (unpaired) electrons. The molecule has 0 spiro atoms. The van der Waals surface area contributed by atoms with Crippen molar-refractivity contribution >= 4 is 11.8 Å². The van der Waals surface area contributed by atoms with Gasteiger partial charge in [0.25, 0.3) is 11.8 Å². The summed E-state index contributed by atoms with van der Waals surface area (Å²) in [6, 6.07) is 21.7. The molecule has 0 bridgehead atoms. The van der Waals surface area contributed by atoms with Gasteiger partial charge in [-0.25, -0.2) is 0 Å². The van der Waals surface area contributed by atoms with Crippen LogP contribution in [0.15, 0.2) is 72.8 Å². The number of carbonyl (C=O) groups is 2. The quantitative estimate of drug-likeness (QED) is 0.630. The van der Waals surface area contributed by atoms with Gasteiger partial charge in [-0.1, -0.05) is 48.5 Å². The summed E-state index contributed by atoms with van der Waals surface area (Å²) in [6.07, 6.45) is 0. The number of methoxy groups -OCH3 is 1. The van der Waals surface area contributed by atoms with Crippen molar-refractivity contribution in [3.8, 4) is 11.5 Å². The molecule has 0 aromatic heterocycles. The largest absolute Gasteiger partial charge is 0.493 e. The van der Waals surface area contributed by atoms with E-state index in [1.165, 1.54) is 7.11 Å². The van der Waals surface area contributed by atoms with E-state index in [9.17, 15) is 9.59 Å². The van der Waals surface area contributed by atoms with Crippen LogP contribution in [0.4, 0.5) is 0 Å². The van der Waals surface area contributed by atoms with Crippen LogP contribution in [0.1, 0.15) is 31.8 Å². The molecule has 0 heterocycles. The van der Waals surface area contributed by atoms with E-state index in [1.54, 1.807) is 30.3 Å². The molecule has 0 saturated carbocycles. The number of ether oxygens (including phenoxy) is 2. The normalized spacial score (nSPS) is 10.1. The minimum Gasteiger partial charge on any atom is -0.493 e. The maximum atomic E-state index is 12.4. The highest BCUT2D eigenvalue weighted by molar-refractivity contribution is 6.00. The molecule has 0 unspecified atom stereocenters. The van der Waals surface area contributed by atoms with Crippen LogP contribution < -0.4 is 20.3 Å². The van der Waals surface area contributed by atoms with Crippen molar-refractivity contribution in [1.29, 1.82) is 0 Å². The average molecular weight is 390 g/mol. The van der Waals surface area contributed by atoms with Crippen LogP contribution in [0.2, 0.25) is 0 Å². The Labute approximate surface area is 169 Å². The van der Waals surface area contributed by atoms with Crippen LogP contribution in [0.5, 0.6) is 11.5 Å². The zero-order valence-corrected chi connectivity index (χ0v) is 16.3. The fraction of sp³-hybridized carbons (Fsp3) is 0.130. The molecule has 3 aromatic rings. The maximum absolute atomic E-state index is 12.4. The van der Waals surface area contributed by atoms with Gasteiger partial charge in [0.15, 0.2) is 11.5 Å². The second-order valence-electron chi connectivity index (χ2n) is 6.36. The number of rotatable bonds is 6. The number of hydrogen-bond donors (Lipinski definition) is 2. The number of amides is 2. The first kappa shape index (κ1) is 19.9. The van der Waals surface area contributed by atoms with Crippen molar-refractivity contribution in [2.45, 2.75) is 13.5 Å². The smallest absolute Gasteiger partial charge is 0.269 e. The van der Waals surface area contributed by atoms with Gasteiger partial charge in [-0.15, -0.1) is 0 Å². The van der Waals surface area contributed by atoms with Crippen molar-refractivity contribution in [3.05, 3.63) is 95.1 Å². The van der Waals surface area contributed by atoms with E-state index in [1.807, 2.05) is 49.4 Å². The number of aryl methyl sites for hydroxylation is 1. The van der Waals surface area contributed by atoms with Crippen LogP contribution in [0.3, 0.4) is 0 Å². The van der Waals surface area contributed by atoms with E-state index >= 15 is 0 Å². The molecule has 0 aliphatic carbocycles. The van der Waals surface area contributed by atoms with Gasteiger partial charge in [0, 0.05) is 11.1 Å². The molecule has 0 aliphatic rings. The SMILES string of the molecule is COc1cc(C(=O)NNC(=O)c2ccccc2C)ccc1OCc1ccccc1. The predicted molar refractivity (Wildman–Crippen MR) is 110 cm³/mol. The Morgan fingerprint density at radius 1 is 0.828 bits per heavy atom. The molecular formula is C23H22N2O4. The molecule has 6 nitrogen and oxygen atoms in total. The molecule has 3 rings (SSSR count). The number of hydrazine groups is 1. The first-order valence-corrected chi connectivity index (χ1v) is 9.09. The monoisotopic (exact) mass is 390 g/mol.